The normalized spacial score (nSPS) is 12.7. The highest BCUT2D eigenvalue weighted by atomic mass is 32.1. The van der Waals surface area contributed by atoms with Crippen LogP contribution in [0.1, 0.15) is 10.4 Å². The van der Waals surface area contributed by atoms with E-state index in [-0.39, 0.29) is 6.54 Å². The van der Waals surface area contributed by atoms with E-state index < -0.39 is 12.5 Å². The number of nitrogens with zero attached hydrogens (tertiary/aromatic N) is 1. The van der Waals surface area contributed by atoms with Gasteiger partial charge in [-0.15, -0.1) is 11.3 Å². The number of thiophene rings is 1. The molecule has 0 bridgehead atoms. The second-order valence-electron chi connectivity index (χ2n) is 2.95. The zero-order valence-electron chi connectivity index (χ0n) is 7.78. The van der Waals surface area contributed by atoms with Gasteiger partial charge in [0.2, 0.25) is 0 Å². The second-order valence-corrected chi connectivity index (χ2v) is 3.94. The Labute approximate surface area is 90.0 Å². The zero-order chi connectivity index (χ0) is 11.3. The van der Waals surface area contributed by atoms with Crippen molar-refractivity contribution >= 4 is 11.3 Å². The Morgan fingerprint density at radius 1 is 1.60 bits per heavy atom. The van der Waals surface area contributed by atoms with Crippen LogP contribution in [0.25, 0.3) is 0 Å². The van der Waals surface area contributed by atoms with E-state index in [1.165, 1.54) is 11.3 Å². The van der Waals surface area contributed by atoms with Crippen molar-refractivity contribution in [2.24, 2.45) is 0 Å². The SMILES string of the molecule is N#Cc1csc(CNCC(O)C(F)F)c1. The van der Waals surface area contributed by atoms with Crippen molar-refractivity contribution in [3.05, 3.63) is 21.9 Å². The smallest absolute Gasteiger partial charge is 0.265 e. The molecule has 1 aromatic heterocycles. The summed E-state index contributed by atoms with van der Waals surface area (Å²) in [6, 6.07) is 3.66. The standard InChI is InChI=1S/C9H10F2N2OS/c10-9(11)8(14)4-13-3-7-1-6(2-12)5-15-7/h1,5,8-9,13-14H,3-4H2. The van der Waals surface area contributed by atoms with Gasteiger partial charge < -0.3 is 10.4 Å². The van der Waals surface area contributed by atoms with Crippen molar-refractivity contribution in [1.29, 1.82) is 5.26 Å². The van der Waals surface area contributed by atoms with Gasteiger partial charge in [-0.1, -0.05) is 0 Å². The van der Waals surface area contributed by atoms with Crippen LogP contribution in [0.4, 0.5) is 8.78 Å². The van der Waals surface area contributed by atoms with E-state index in [1.54, 1.807) is 11.4 Å². The molecular weight excluding hydrogens is 222 g/mol. The Bertz CT molecular complexity index is 348. The Balaban J connectivity index is 2.29. The zero-order valence-corrected chi connectivity index (χ0v) is 8.60. The maximum Gasteiger partial charge on any atom is 0.265 e. The van der Waals surface area contributed by atoms with Crippen LogP contribution in [0, 0.1) is 11.3 Å². The second kappa shape index (κ2) is 5.75. The van der Waals surface area contributed by atoms with E-state index in [0.29, 0.717) is 12.1 Å². The molecule has 15 heavy (non-hydrogen) atoms. The van der Waals surface area contributed by atoms with E-state index in [0.717, 1.165) is 4.88 Å². The van der Waals surface area contributed by atoms with Gasteiger partial charge >= 0.3 is 0 Å². The number of nitriles is 1. The van der Waals surface area contributed by atoms with Gasteiger partial charge in [0.25, 0.3) is 6.43 Å². The van der Waals surface area contributed by atoms with Crippen LogP contribution in [0.3, 0.4) is 0 Å². The number of rotatable bonds is 5. The largest absolute Gasteiger partial charge is 0.386 e. The van der Waals surface area contributed by atoms with Gasteiger partial charge in [0.15, 0.2) is 0 Å². The lowest BCUT2D eigenvalue weighted by molar-refractivity contribution is -0.00337. The van der Waals surface area contributed by atoms with Gasteiger partial charge in [-0.2, -0.15) is 5.26 Å². The predicted octanol–water partition coefficient (Wildman–Crippen LogP) is 1.34. The summed E-state index contributed by atoms with van der Waals surface area (Å²) in [5, 5.41) is 21.7. The quantitative estimate of drug-likeness (QED) is 0.805. The summed E-state index contributed by atoms with van der Waals surface area (Å²) in [5.41, 5.74) is 0.561. The first-order chi connectivity index (χ1) is 7.13. The number of nitrogens with one attached hydrogen (secondary N) is 1. The fraction of sp³-hybridized carbons (Fsp3) is 0.444. The Morgan fingerprint density at radius 3 is 2.87 bits per heavy atom. The Morgan fingerprint density at radius 2 is 2.33 bits per heavy atom. The third kappa shape index (κ3) is 3.91. The minimum atomic E-state index is -2.73. The Kier molecular flexibility index (Phi) is 4.62. The summed E-state index contributed by atoms with van der Waals surface area (Å²) in [4.78, 5) is 0.882. The highest BCUT2D eigenvalue weighted by Crippen LogP contribution is 2.13. The molecule has 0 radical (unpaired) electrons. The molecule has 0 saturated heterocycles. The van der Waals surface area contributed by atoms with E-state index in [9.17, 15) is 8.78 Å². The van der Waals surface area contributed by atoms with Crippen molar-refractivity contribution in [3.8, 4) is 6.07 Å². The molecule has 82 valence electrons. The van der Waals surface area contributed by atoms with E-state index in [4.69, 9.17) is 10.4 Å². The lowest BCUT2D eigenvalue weighted by Gasteiger charge is -2.09. The minimum absolute atomic E-state index is 0.155. The van der Waals surface area contributed by atoms with Crippen LogP contribution in [-0.4, -0.2) is 24.2 Å². The first-order valence-electron chi connectivity index (χ1n) is 4.28. The molecule has 6 heteroatoms. The van der Waals surface area contributed by atoms with Crippen LogP contribution in [0.5, 0.6) is 0 Å². The number of alkyl halides is 2. The number of hydrogen-bond acceptors (Lipinski definition) is 4. The van der Waals surface area contributed by atoms with Crippen molar-refractivity contribution in [3.63, 3.8) is 0 Å². The molecule has 1 aromatic rings. The van der Waals surface area contributed by atoms with Crippen LogP contribution in [-0.2, 0) is 6.54 Å². The first-order valence-corrected chi connectivity index (χ1v) is 5.16. The van der Waals surface area contributed by atoms with Gasteiger partial charge in [0, 0.05) is 23.3 Å². The molecule has 1 atom stereocenters. The molecule has 0 spiro atoms. The van der Waals surface area contributed by atoms with E-state index >= 15 is 0 Å². The monoisotopic (exact) mass is 232 g/mol. The first kappa shape index (κ1) is 12.0. The number of aliphatic hydroxyl groups excluding tert-OH is 1. The van der Waals surface area contributed by atoms with Crippen LogP contribution in [0.15, 0.2) is 11.4 Å². The Hall–Kier alpha value is -1.03. The van der Waals surface area contributed by atoms with Gasteiger partial charge in [0.1, 0.15) is 12.2 Å². The molecule has 0 aliphatic heterocycles. The summed E-state index contributed by atoms with van der Waals surface area (Å²) in [5.74, 6) is 0. The minimum Gasteiger partial charge on any atom is -0.386 e. The van der Waals surface area contributed by atoms with Crippen molar-refractivity contribution < 1.29 is 13.9 Å². The molecule has 1 unspecified atom stereocenters. The lowest BCUT2D eigenvalue weighted by Crippen LogP contribution is -2.31. The lowest BCUT2D eigenvalue weighted by atomic mass is 10.3. The van der Waals surface area contributed by atoms with E-state index in [1.807, 2.05) is 6.07 Å². The fourth-order valence-corrected chi connectivity index (χ4v) is 1.74. The molecule has 0 aliphatic carbocycles. The maximum atomic E-state index is 11.9. The molecule has 3 nitrogen and oxygen atoms in total. The third-order valence-corrected chi connectivity index (χ3v) is 2.66. The van der Waals surface area contributed by atoms with Crippen molar-refractivity contribution in [2.75, 3.05) is 6.54 Å². The van der Waals surface area contributed by atoms with Crippen molar-refractivity contribution in [2.45, 2.75) is 19.1 Å². The number of hydrogen-bond donors (Lipinski definition) is 2. The third-order valence-electron chi connectivity index (χ3n) is 1.73. The molecule has 0 saturated carbocycles. The van der Waals surface area contributed by atoms with Crippen LogP contribution < -0.4 is 5.32 Å². The molecule has 0 aliphatic rings. The van der Waals surface area contributed by atoms with E-state index in [2.05, 4.69) is 5.32 Å². The number of halogens is 2. The summed E-state index contributed by atoms with van der Waals surface area (Å²) in [7, 11) is 0. The topological polar surface area (TPSA) is 56.0 Å². The molecule has 0 amide bonds. The highest BCUT2D eigenvalue weighted by molar-refractivity contribution is 7.10. The summed E-state index contributed by atoms with van der Waals surface area (Å²) >= 11 is 1.38. The molecule has 2 N–H and O–H groups in total. The van der Waals surface area contributed by atoms with Crippen molar-refractivity contribution in [1.82, 2.24) is 5.32 Å². The molecule has 0 fully saturated rings. The fourth-order valence-electron chi connectivity index (χ4n) is 0.964. The summed E-state index contributed by atoms with van der Waals surface area (Å²) in [6.45, 7) is 0.230. The summed E-state index contributed by atoms with van der Waals surface area (Å²) in [6.07, 6.45) is -4.36. The highest BCUT2D eigenvalue weighted by Gasteiger charge is 2.15. The maximum absolute atomic E-state index is 11.9. The average molecular weight is 232 g/mol. The van der Waals surface area contributed by atoms with Crippen LogP contribution in [0.2, 0.25) is 0 Å². The number of aliphatic hydroxyl groups is 1. The molecule has 1 rings (SSSR count). The van der Waals surface area contributed by atoms with Gasteiger partial charge in [0.05, 0.1) is 5.56 Å². The van der Waals surface area contributed by atoms with Crippen LogP contribution >= 0.6 is 11.3 Å². The molecular formula is C9H10F2N2OS. The van der Waals surface area contributed by atoms with Gasteiger partial charge in [-0.3, -0.25) is 0 Å². The predicted molar refractivity (Wildman–Crippen MR) is 52.8 cm³/mol. The molecule has 0 aromatic carbocycles. The summed E-state index contributed by atoms with van der Waals surface area (Å²) < 4.78 is 23.8. The van der Waals surface area contributed by atoms with Gasteiger partial charge in [-0.05, 0) is 6.07 Å². The average Bonchev–Trinajstić information content (AvgIpc) is 2.65. The van der Waals surface area contributed by atoms with Gasteiger partial charge in [-0.25, -0.2) is 8.78 Å². The molecule has 1 heterocycles.